The summed E-state index contributed by atoms with van der Waals surface area (Å²) in [5, 5.41) is 0. The third-order valence-electron chi connectivity index (χ3n) is 4.60. The molecule has 158 valence electrons. The third kappa shape index (κ3) is 5.57. The number of nitrogens with one attached hydrogen (secondary N) is 1. The maximum Gasteiger partial charge on any atom is 0.244 e. The quantitative estimate of drug-likeness (QED) is 0.667. The van der Waals surface area contributed by atoms with Crippen molar-refractivity contribution in [1.82, 2.24) is 14.7 Å². The monoisotopic (exact) mass is 420 g/mol. The summed E-state index contributed by atoms with van der Waals surface area (Å²) in [6.07, 6.45) is 5.14. The number of aromatic nitrogens is 2. The van der Waals surface area contributed by atoms with E-state index in [1.165, 1.54) is 12.5 Å². The van der Waals surface area contributed by atoms with Crippen molar-refractivity contribution in [2.24, 2.45) is 0 Å². The number of nitrogens with zero attached hydrogens (tertiary/aromatic N) is 3. The second-order valence-electron chi connectivity index (χ2n) is 6.69. The molecule has 2 aromatic rings. The van der Waals surface area contributed by atoms with Crippen molar-refractivity contribution in [3.05, 3.63) is 36.2 Å². The lowest BCUT2D eigenvalue weighted by atomic mass is 10.1. The maximum absolute atomic E-state index is 12.9. The zero-order valence-electron chi connectivity index (χ0n) is 16.9. The highest BCUT2D eigenvalue weighted by molar-refractivity contribution is 7.89. The average Bonchev–Trinajstić information content (AvgIpc) is 2.74. The Kier molecular flexibility index (Phi) is 7.27. The molecular formula is C20H28N4O4S. The highest BCUT2D eigenvalue weighted by atomic mass is 32.2. The molecule has 1 aromatic heterocycles. The van der Waals surface area contributed by atoms with E-state index in [0.717, 1.165) is 25.9 Å². The topological polar surface area (TPSA) is 93.7 Å². The summed E-state index contributed by atoms with van der Waals surface area (Å²) >= 11 is 0. The molecule has 1 fully saturated rings. The van der Waals surface area contributed by atoms with Gasteiger partial charge in [0, 0.05) is 25.4 Å². The number of sulfonamides is 1. The molecule has 0 bridgehead atoms. The molecule has 1 aliphatic rings. The van der Waals surface area contributed by atoms with Crippen molar-refractivity contribution in [2.75, 3.05) is 31.2 Å². The predicted molar refractivity (Wildman–Crippen MR) is 111 cm³/mol. The fourth-order valence-electron chi connectivity index (χ4n) is 3.21. The summed E-state index contributed by atoms with van der Waals surface area (Å²) in [5.74, 6) is 1.48. The highest BCUT2D eigenvalue weighted by Crippen LogP contribution is 2.29. The van der Waals surface area contributed by atoms with Gasteiger partial charge in [-0.3, -0.25) is 0 Å². The van der Waals surface area contributed by atoms with Crippen LogP contribution in [0.1, 0.15) is 38.8 Å². The lowest BCUT2D eigenvalue weighted by molar-refractivity contribution is 0.317. The van der Waals surface area contributed by atoms with Crippen LogP contribution in [0, 0.1) is 0 Å². The Morgan fingerprint density at radius 2 is 1.83 bits per heavy atom. The molecule has 2 heterocycles. The molecule has 0 unspecified atom stereocenters. The summed E-state index contributed by atoms with van der Waals surface area (Å²) < 4.78 is 39.3. The van der Waals surface area contributed by atoms with Gasteiger partial charge in [-0.05, 0) is 51.3 Å². The number of piperidine rings is 1. The number of rotatable bonds is 9. The predicted octanol–water partition coefficient (Wildman–Crippen LogP) is 2.74. The van der Waals surface area contributed by atoms with Gasteiger partial charge >= 0.3 is 0 Å². The lowest BCUT2D eigenvalue weighted by Gasteiger charge is -2.26. The van der Waals surface area contributed by atoms with Gasteiger partial charge in [0.1, 0.15) is 16.4 Å². The molecule has 29 heavy (non-hydrogen) atoms. The highest BCUT2D eigenvalue weighted by Gasteiger charge is 2.21. The van der Waals surface area contributed by atoms with Crippen molar-refractivity contribution in [3.8, 4) is 11.5 Å². The number of hydrogen-bond donors (Lipinski definition) is 1. The fraction of sp³-hybridized carbons (Fsp3) is 0.500. The summed E-state index contributed by atoms with van der Waals surface area (Å²) in [6, 6.07) is 6.44. The Balaban J connectivity index is 1.74. The maximum atomic E-state index is 12.9. The van der Waals surface area contributed by atoms with E-state index in [1.54, 1.807) is 31.3 Å². The van der Waals surface area contributed by atoms with E-state index >= 15 is 0 Å². The smallest absolute Gasteiger partial charge is 0.244 e. The van der Waals surface area contributed by atoms with Crippen LogP contribution in [0.2, 0.25) is 0 Å². The molecule has 1 N–H and O–H groups in total. The van der Waals surface area contributed by atoms with Gasteiger partial charge in [-0.15, -0.1) is 0 Å². The SMILES string of the molecule is CCOc1ccc(S(=O)(=O)NCc2ccnc(N3CCCCC3)n2)c(OCC)c1. The third-order valence-corrected chi connectivity index (χ3v) is 6.04. The van der Waals surface area contributed by atoms with Gasteiger partial charge in [0.05, 0.1) is 25.5 Å². The van der Waals surface area contributed by atoms with Gasteiger partial charge in [0.15, 0.2) is 0 Å². The second kappa shape index (κ2) is 9.89. The molecule has 1 saturated heterocycles. The van der Waals surface area contributed by atoms with Crippen LogP contribution in [-0.2, 0) is 16.6 Å². The van der Waals surface area contributed by atoms with Crippen LogP contribution >= 0.6 is 0 Å². The van der Waals surface area contributed by atoms with E-state index < -0.39 is 10.0 Å². The van der Waals surface area contributed by atoms with Crippen molar-refractivity contribution in [2.45, 2.75) is 44.6 Å². The van der Waals surface area contributed by atoms with Crippen LogP contribution in [0.25, 0.3) is 0 Å². The largest absolute Gasteiger partial charge is 0.494 e. The molecule has 0 radical (unpaired) electrons. The Morgan fingerprint density at radius 1 is 1.07 bits per heavy atom. The molecule has 0 atom stereocenters. The first kappa shape index (κ1) is 21.3. The number of ether oxygens (including phenoxy) is 2. The summed E-state index contributed by atoms with van der Waals surface area (Å²) in [6.45, 7) is 6.45. The van der Waals surface area contributed by atoms with Crippen molar-refractivity contribution in [3.63, 3.8) is 0 Å². The first-order valence-corrected chi connectivity index (χ1v) is 11.5. The molecule has 0 spiro atoms. The van der Waals surface area contributed by atoms with Crippen LogP contribution in [0.5, 0.6) is 11.5 Å². The second-order valence-corrected chi connectivity index (χ2v) is 8.43. The van der Waals surface area contributed by atoms with Gasteiger partial charge in [0.25, 0.3) is 0 Å². The van der Waals surface area contributed by atoms with E-state index in [1.807, 2.05) is 6.92 Å². The van der Waals surface area contributed by atoms with E-state index in [-0.39, 0.29) is 17.2 Å². The van der Waals surface area contributed by atoms with Crippen LogP contribution in [0.4, 0.5) is 5.95 Å². The van der Waals surface area contributed by atoms with E-state index in [2.05, 4.69) is 19.6 Å². The van der Waals surface area contributed by atoms with Crippen LogP contribution in [0.3, 0.4) is 0 Å². The van der Waals surface area contributed by atoms with Gasteiger partial charge < -0.3 is 14.4 Å². The van der Waals surface area contributed by atoms with Crippen molar-refractivity contribution in [1.29, 1.82) is 0 Å². The van der Waals surface area contributed by atoms with Gasteiger partial charge in [-0.25, -0.2) is 23.1 Å². The Labute approximate surface area is 172 Å². The first-order chi connectivity index (χ1) is 14.0. The summed E-state index contributed by atoms with van der Waals surface area (Å²) in [7, 11) is -3.79. The normalized spacial score (nSPS) is 14.6. The fourth-order valence-corrected chi connectivity index (χ4v) is 4.33. The number of benzene rings is 1. The molecule has 0 amide bonds. The Hall–Kier alpha value is -2.39. The average molecular weight is 421 g/mol. The van der Waals surface area contributed by atoms with Crippen LogP contribution in [-0.4, -0.2) is 44.7 Å². The number of hydrogen-bond acceptors (Lipinski definition) is 7. The van der Waals surface area contributed by atoms with Crippen molar-refractivity contribution >= 4 is 16.0 Å². The Bertz CT molecular complexity index is 914. The van der Waals surface area contributed by atoms with Gasteiger partial charge in [-0.2, -0.15) is 0 Å². The molecule has 9 heteroatoms. The molecule has 0 aliphatic carbocycles. The zero-order valence-corrected chi connectivity index (χ0v) is 17.7. The molecule has 1 aromatic carbocycles. The van der Waals surface area contributed by atoms with Gasteiger partial charge in [-0.1, -0.05) is 0 Å². The minimum Gasteiger partial charge on any atom is -0.494 e. The summed E-state index contributed by atoms with van der Waals surface area (Å²) in [4.78, 5) is 11.1. The van der Waals surface area contributed by atoms with E-state index in [0.29, 0.717) is 30.6 Å². The molecule has 0 saturated carbocycles. The van der Waals surface area contributed by atoms with E-state index in [9.17, 15) is 8.42 Å². The van der Waals surface area contributed by atoms with E-state index in [4.69, 9.17) is 9.47 Å². The first-order valence-electron chi connectivity index (χ1n) is 9.99. The minimum atomic E-state index is -3.79. The van der Waals surface area contributed by atoms with Crippen LogP contribution < -0.4 is 19.1 Å². The molecular weight excluding hydrogens is 392 g/mol. The van der Waals surface area contributed by atoms with Gasteiger partial charge in [0.2, 0.25) is 16.0 Å². The lowest BCUT2D eigenvalue weighted by Crippen LogP contribution is -2.31. The standard InChI is InChI=1S/C20H28N4O4S/c1-3-27-17-8-9-19(18(14-17)28-4-2)29(25,26)22-15-16-10-11-21-20(23-16)24-12-6-5-7-13-24/h8-11,14,22H,3-7,12-13,15H2,1-2H3. The minimum absolute atomic E-state index is 0.0739. The summed E-state index contributed by atoms with van der Waals surface area (Å²) in [5.41, 5.74) is 0.619. The zero-order chi connectivity index (χ0) is 20.7. The Morgan fingerprint density at radius 3 is 2.55 bits per heavy atom. The molecule has 1 aliphatic heterocycles. The molecule has 8 nitrogen and oxygen atoms in total. The number of anilines is 1. The van der Waals surface area contributed by atoms with Crippen molar-refractivity contribution < 1.29 is 17.9 Å². The van der Waals surface area contributed by atoms with Crippen LogP contribution in [0.15, 0.2) is 35.4 Å². The molecule has 3 rings (SSSR count).